The molecule has 6 nitrogen and oxygen atoms in total. The molecule has 0 spiro atoms. The summed E-state index contributed by atoms with van der Waals surface area (Å²) in [6.07, 6.45) is 4.86. The monoisotopic (exact) mass is 405 g/mol. The molecule has 1 atom stereocenters. The number of thioether (sulfide) groups is 1. The predicted octanol–water partition coefficient (Wildman–Crippen LogP) is 4.31. The van der Waals surface area contributed by atoms with Gasteiger partial charge in [0.25, 0.3) is 0 Å². The summed E-state index contributed by atoms with van der Waals surface area (Å²) < 4.78 is 5.73. The maximum absolute atomic E-state index is 12.6. The van der Waals surface area contributed by atoms with Crippen molar-refractivity contribution in [3.63, 3.8) is 0 Å². The number of hydrogen-bond acceptors (Lipinski definition) is 5. The smallest absolute Gasteiger partial charge is 0.238 e. The number of hydrogen-bond donors (Lipinski definition) is 1. The number of benzene rings is 1. The Morgan fingerprint density at radius 3 is 2.61 bits per heavy atom. The van der Waals surface area contributed by atoms with Crippen LogP contribution in [0, 0.1) is 0 Å². The molecule has 0 unspecified atom stereocenters. The highest BCUT2D eigenvalue weighted by Gasteiger charge is 2.34. The van der Waals surface area contributed by atoms with Crippen LogP contribution in [-0.4, -0.2) is 46.8 Å². The van der Waals surface area contributed by atoms with Gasteiger partial charge in [0, 0.05) is 25.2 Å². The molecule has 1 heterocycles. The van der Waals surface area contributed by atoms with Crippen LogP contribution in [0.3, 0.4) is 0 Å². The van der Waals surface area contributed by atoms with Crippen molar-refractivity contribution in [3.05, 3.63) is 24.3 Å². The van der Waals surface area contributed by atoms with Gasteiger partial charge < -0.3 is 10.1 Å². The van der Waals surface area contributed by atoms with E-state index in [9.17, 15) is 9.59 Å². The fraction of sp³-hybridized carbons (Fsp3) is 0.571. The highest BCUT2D eigenvalue weighted by atomic mass is 32.2. The Balaban J connectivity index is 1.88. The number of rotatable bonds is 10. The van der Waals surface area contributed by atoms with E-state index in [2.05, 4.69) is 17.2 Å². The Kier molecular flexibility index (Phi) is 9.34. The van der Waals surface area contributed by atoms with Gasteiger partial charge in [0.15, 0.2) is 5.17 Å². The number of ether oxygens (including phenoxy) is 1. The highest BCUT2D eigenvalue weighted by molar-refractivity contribution is 8.15. The Labute approximate surface area is 172 Å². The average molecular weight is 406 g/mol. The zero-order valence-corrected chi connectivity index (χ0v) is 17.9. The normalized spacial score (nSPS) is 18.4. The SMILES string of the molecule is CCCCCCOc1ccc(NC(=O)[C@@H]2CC(=O)N(CC)C(=NCC)S2)cc1. The van der Waals surface area contributed by atoms with E-state index in [4.69, 9.17) is 4.74 Å². The first-order chi connectivity index (χ1) is 13.6. The summed E-state index contributed by atoms with van der Waals surface area (Å²) in [7, 11) is 0. The van der Waals surface area contributed by atoms with Crippen LogP contribution in [-0.2, 0) is 9.59 Å². The molecule has 1 N–H and O–H groups in total. The lowest BCUT2D eigenvalue weighted by Gasteiger charge is -2.30. The molecule has 0 aromatic heterocycles. The summed E-state index contributed by atoms with van der Waals surface area (Å²) in [5, 5.41) is 3.07. The van der Waals surface area contributed by atoms with E-state index in [1.807, 2.05) is 38.1 Å². The van der Waals surface area contributed by atoms with Gasteiger partial charge >= 0.3 is 0 Å². The first-order valence-corrected chi connectivity index (χ1v) is 11.0. The van der Waals surface area contributed by atoms with Gasteiger partial charge in [0.05, 0.1) is 6.61 Å². The van der Waals surface area contributed by atoms with Crippen LogP contribution in [0.2, 0.25) is 0 Å². The Hall–Kier alpha value is -2.02. The summed E-state index contributed by atoms with van der Waals surface area (Å²) in [5.41, 5.74) is 0.697. The van der Waals surface area contributed by atoms with Crippen LogP contribution in [0.4, 0.5) is 5.69 Å². The summed E-state index contributed by atoms with van der Waals surface area (Å²) in [6.45, 7) is 7.88. The van der Waals surface area contributed by atoms with E-state index in [-0.39, 0.29) is 18.2 Å². The summed E-state index contributed by atoms with van der Waals surface area (Å²) in [4.78, 5) is 31.0. The minimum Gasteiger partial charge on any atom is -0.494 e. The quantitative estimate of drug-likeness (QED) is 0.589. The molecule has 2 amide bonds. The molecule has 0 saturated carbocycles. The van der Waals surface area contributed by atoms with E-state index in [0.717, 1.165) is 12.2 Å². The second kappa shape index (κ2) is 11.7. The maximum Gasteiger partial charge on any atom is 0.238 e. The van der Waals surface area contributed by atoms with Crippen molar-refractivity contribution in [1.82, 2.24) is 4.90 Å². The van der Waals surface area contributed by atoms with Crippen molar-refractivity contribution in [3.8, 4) is 5.75 Å². The minimum atomic E-state index is -0.463. The molecule has 1 aliphatic heterocycles. The van der Waals surface area contributed by atoms with Crippen LogP contribution in [0.15, 0.2) is 29.3 Å². The van der Waals surface area contributed by atoms with Gasteiger partial charge in [-0.25, -0.2) is 0 Å². The molecule has 28 heavy (non-hydrogen) atoms. The van der Waals surface area contributed by atoms with Gasteiger partial charge in [-0.15, -0.1) is 0 Å². The second-order valence-corrected chi connectivity index (χ2v) is 7.80. The standard InChI is InChI=1S/C21H31N3O3S/c1-4-7-8-9-14-27-17-12-10-16(11-13-17)23-20(26)18-15-19(25)24(6-3)21(28-18)22-5-2/h10-13,18H,4-9,14-15H2,1-3H3,(H,23,26)/t18-/m0/s1. The van der Waals surface area contributed by atoms with Crippen molar-refractivity contribution in [2.75, 3.05) is 25.0 Å². The van der Waals surface area contributed by atoms with Gasteiger partial charge in [-0.05, 0) is 44.5 Å². The van der Waals surface area contributed by atoms with Crippen molar-refractivity contribution in [2.24, 2.45) is 4.99 Å². The Morgan fingerprint density at radius 2 is 1.96 bits per heavy atom. The Bertz CT molecular complexity index is 676. The number of nitrogens with one attached hydrogen (secondary N) is 1. The molecule has 1 saturated heterocycles. The van der Waals surface area contributed by atoms with Gasteiger partial charge in [0.1, 0.15) is 11.0 Å². The van der Waals surface area contributed by atoms with Crippen LogP contribution >= 0.6 is 11.8 Å². The van der Waals surface area contributed by atoms with Gasteiger partial charge in [0.2, 0.25) is 11.8 Å². The number of aliphatic imine (C=N–C) groups is 1. The number of anilines is 1. The van der Waals surface area contributed by atoms with E-state index >= 15 is 0 Å². The van der Waals surface area contributed by atoms with Crippen molar-refractivity contribution in [2.45, 2.75) is 58.1 Å². The van der Waals surface area contributed by atoms with E-state index in [1.54, 1.807) is 4.90 Å². The fourth-order valence-corrected chi connectivity index (χ4v) is 4.11. The number of carbonyl (C=O) groups is 2. The lowest BCUT2D eigenvalue weighted by atomic mass is 10.2. The zero-order chi connectivity index (χ0) is 20.4. The van der Waals surface area contributed by atoms with E-state index in [0.29, 0.717) is 30.6 Å². The van der Waals surface area contributed by atoms with E-state index in [1.165, 1.54) is 31.0 Å². The third kappa shape index (κ3) is 6.55. The summed E-state index contributed by atoms with van der Waals surface area (Å²) in [6, 6.07) is 7.37. The molecule has 1 aromatic rings. The number of nitrogens with zero attached hydrogens (tertiary/aromatic N) is 2. The molecule has 0 aliphatic carbocycles. The van der Waals surface area contributed by atoms with Crippen molar-refractivity contribution >= 4 is 34.4 Å². The number of carbonyl (C=O) groups excluding carboxylic acids is 2. The minimum absolute atomic E-state index is 0.0552. The topological polar surface area (TPSA) is 71.0 Å². The third-order valence-corrected chi connectivity index (χ3v) is 5.66. The number of amides is 2. The Morgan fingerprint density at radius 1 is 1.21 bits per heavy atom. The molecule has 1 fully saturated rings. The molecular formula is C21H31N3O3S. The maximum atomic E-state index is 12.6. The molecule has 154 valence electrons. The number of amidine groups is 1. The van der Waals surface area contributed by atoms with Crippen molar-refractivity contribution < 1.29 is 14.3 Å². The predicted molar refractivity (Wildman–Crippen MR) is 116 cm³/mol. The van der Waals surface area contributed by atoms with Gasteiger partial charge in [-0.3, -0.25) is 19.5 Å². The van der Waals surface area contributed by atoms with Crippen LogP contribution in [0.25, 0.3) is 0 Å². The van der Waals surface area contributed by atoms with E-state index < -0.39 is 5.25 Å². The highest BCUT2D eigenvalue weighted by Crippen LogP contribution is 2.28. The molecular weight excluding hydrogens is 374 g/mol. The largest absolute Gasteiger partial charge is 0.494 e. The molecule has 1 aliphatic rings. The lowest BCUT2D eigenvalue weighted by molar-refractivity contribution is -0.129. The average Bonchev–Trinajstić information content (AvgIpc) is 2.69. The molecule has 7 heteroatoms. The first kappa shape index (κ1) is 22.3. The van der Waals surface area contributed by atoms with Crippen LogP contribution in [0.5, 0.6) is 5.75 Å². The second-order valence-electron chi connectivity index (χ2n) is 6.63. The molecule has 2 rings (SSSR count). The van der Waals surface area contributed by atoms with Crippen LogP contribution in [0.1, 0.15) is 52.9 Å². The van der Waals surface area contributed by atoms with Crippen molar-refractivity contribution in [1.29, 1.82) is 0 Å². The van der Waals surface area contributed by atoms with Crippen LogP contribution < -0.4 is 10.1 Å². The number of unbranched alkanes of at least 4 members (excludes halogenated alkanes) is 3. The lowest BCUT2D eigenvalue weighted by Crippen LogP contribution is -2.45. The molecule has 0 radical (unpaired) electrons. The summed E-state index contributed by atoms with van der Waals surface area (Å²) in [5.74, 6) is 0.569. The summed E-state index contributed by atoms with van der Waals surface area (Å²) >= 11 is 1.36. The van der Waals surface area contributed by atoms with Gasteiger partial charge in [-0.1, -0.05) is 37.9 Å². The fourth-order valence-electron chi connectivity index (χ4n) is 2.90. The molecule has 1 aromatic carbocycles. The third-order valence-electron chi connectivity index (χ3n) is 4.43. The van der Waals surface area contributed by atoms with Gasteiger partial charge in [-0.2, -0.15) is 0 Å². The zero-order valence-electron chi connectivity index (χ0n) is 17.1. The first-order valence-electron chi connectivity index (χ1n) is 10.1. The molecule has 0 bridgehead atoms.